The summed E-state index contributed by atoms with van der Waals surface area (Å²) in [5, 5.41) is 3.37. The normalized spacial score (nSPS) is 11.9. The lowest BCUT2D eigenvalue weighted by Gasteiger charge is -2.15. The first-order chi connectivity index (χ1) is 9.09. The van der Waals surface area contributed by atoms with Gasteiger partial charge in [0.2, 0.25) is 0 Å². The quantitative estimate of drug-likeness (QED) is 0.871. The van der Waals surface area contributed by atoms with Crippen molar-refractivity contribution in [3.63, 3.8) is 0 Å². The van der Waals surface area contributed by atoms with E-state index in [1.165, 1.54) is 0 Å². The number of carbonyl (C=O) groups excluding carboxylic acids is 1. The van der Waals surface area contributed by atoms with Gasteiger partial charge in [-0.3, -0.25) is 4.79 Å². The molecule has 0 aromatic heterocycles. The molecule has 98 valence electrons. The Morgan fingerprint density at radius 1 is 1.16 bits per heavy atom. The van der Waals surface area contributed by atoms with Crippen LogP contribution in [0.3, 0.4) is 0 Å². The molecule has 19 heavy (non-hydrogen) atoms. The summed E-state index contributed by atoms with van der Waals surface area (Å²) in [5.41, 5.74) is 1.53. The topological polar surface area (TPSA) is 29.1 Å². The minimum atomic E-state index is -0.178. The van der Waals surface area contributed by atoms with Gasteiger partial charge in [-0.25, -0.2) is 0 Å². The van der Waals surface area contributed by atoms with E-state index in [0.29, 0.717) is 15.1 Å². The summed E-state index contributed by atoms with van der Waals surface area (Å²) in [6, 6.07) is 15.0. The van der Waals surface area contributed by atoms with Crippen LogP contribution in [0.25, 0.3) is 0 Å². The van der Waals surface area contributed by atoms with Gasteiger partial charge in [0.05, 0.1) is 16.6 Å². The molecule has 0 heterocycles. The molecule has 0 spiro atoms. The minimum Gasteiger partial charge on any atom is -0.345 e. The number of nitrogens with one attached hydrogen (secondary N) is 1. The molecule has 2 rings (SSSR count). The molecule has 2 nitrogen and oxygen atoms in total. The lowest BCUT2D eigenvalue weighted by molar-refractivity contribution is 0.0940. The molecular weight excluding hydrogens is 326 g/mol. The second kappa shape index (κ2) is 6.22. The van der Waals surface area contributed by atoms with E-state index in [9.17, 15) is 4.79 Å². The number of halogens is 2. The zero-order chi connectivity index (χ0) is 13.8. The minimum absolute atomic E-state index is 0.0660. The lowest BCUT2D eigenvalue weighted by atomic mass is 10.1. The van der Waals surface area contributed by atoms with E-state index in [4.69, 9.17) is 11.6 Å². The van der Waals surface area contributed by atoms with Crippen molar-refractivity contribution in [2.24, 2.45) is 0 Å². The highest BCUT2D eigenvalue weighted by atomic mass is 79.9. The zero-order valence-electron chi connectivity index (χ0n) is 10.4. The van der Waals surface area contributed by atoms with Gasteiger partial charge in [0.15, 0.2) is 0 Å². The lowest BCUT2D eigenvalue weighted by Crippen LogP contribution is -2.26. The van der Waals surface area contributed by atoms with Crippen molar-refractivity contribution in [3.05, 3.63) is 69.2 Å². The second-order valence-corrected chi connectivity index (χ2v) is 5.44. The summed E-state index contributed by atoms with van der Waals surface area (Å²) < 4.78 is 0.717. The maximum Gasteiger partial charge on any atom is 0.253 e. The molecule has 1 N–H and O–H groups in total. The van der Waals surface area contributed by atoms with Gasteiger partial charge in [0.1, 0.15) is 0 Å². The number of hydrogen-bond acceptors (Lipinski definition) is 1. The van der Waals surface area contributed by atoms with Crippen molar-refractivity contribution >= 4 is 33.4 Å². The Bertz CT molecular complexity index is 586. The molecule has 0 aliphatic heterocycles. The maximum atomic E-state index is 12.2. The van der Waals surface area contributed by atoms with E-state index in [1.54, 1.807) is 18.2 Å². The fourth-order valence-electron chi connectivity index (χ4n) is 1.78. The highest BCUT2D eigenvalue weighted by molar-refractivity contribution is 9.10. The van der Waals surface area contributed by atoms with Crippen LogP contribution in [0.4, 0.5) is 0 Å². The molecule has 0 aliphatic rings. The monoisotopic (exact) mass is 337 g/mol. The number of hydrogen-bond donors (Lipinski definition) is 1. The third kappa shape index (κ3) is 3.37. The van der Waals surface area contributed by atoms with Crippen LogP contribution in [0.1, 0.15) is 28.9 Å². The van der Waals surface area contributed by atoms with Crippen molar-refractivity contribution in [1.82, 2.24) is 5.32 Å². The third-order valence-electron chi connectivity index (χ3n) is 2.84. The average Bonchev–Trinajstić information content (AvgIpc) is 2.42. The fraction of sp³-hybridized carbons (Fsp3) is 0.133. The van der Waals surface area contributed by atoms with Crippen LogP contribution in [0, 0.1) is 0 Å². The second-order valence-electron chi connectivity index (χ2n) is 4.21. The molecule has 1 amide bonds. The molecule has 2 aromatic rings. The van der Waals surface area contributed by atoms with Crippen molar-refractivity contribution in [1.29, 1.82) is 0 Å². The molecule has 2 aromatic carbocycles. The molecule has 4 heteroatoms. The van der Waals surface area contributed by atoms with Crippen molar-refractivity contribution in [2.75, 3.05) is 0 Å². The Morgan fingerprint density at radius 3 is 2.53 bits per heavy atom. The fourth-order valence-corrected chi connectivity index (χ4v) is 2.36. The van der Waals surface area contributed by atoms with Crippen molar-refractivity contribution in [3.8, 4) is 0 Å². The van der Waals surface area contributed by atoms with E-state index in [2.05, 4.69) is 21.2 Å². The van der Waals surface area contributed by atoms with Crippen LogP contribution in [-0.2, 0) is 0 Å². The Labute approximate surface area is 125 Å². The molecule has 1 atom stereocenters. The van der Waals surface area contributed by atoms with Gasteiger partial charge in [-0.05, 0) is 40.5 Å². The van der Waals surface area contributed by atoms with E-state index < -0.39 is 0 Å². The summed E-state index contributed by atoms with van der Waals surface area (Å²) >= 11 is 9.42. The van der Waals surface area contributed by atoms with E-state index in [-0.39, 0.29) is 11.9 Å². The van der Waals surface area contributed by atoms with Crippen LogP contribution in [0.15, 0.2) is 53.0 Å². The van der Waals surface area contributed by atoms with Gasteiger partial charge in [-0.15, -0.1) is 0 Å². The van der Waals surface area contributed by atoms with Gasteiger partial charge in [-0.1, -0.05) is 48.0 Å². The largest absolute Gasteiger partial charge is 0.345 e. The Balaban J connectivity index is 2.16. The standard InChI is InChI=1S/C15H13BrClNO/c1-10(11-6-3-2-4-7-11)18-15(19)12-8-5-9-13(16)14(12)17/h2-10H,1H3,(H,18,19). The SMILES string of the molecule is CC(NC(=O)c1cccc(Br)c1Cl)c1ccccc1. The van der Waals surface area contributed by atoms with E-state index >= 15 is 0 Å². The molecule has 0 bridgehead atoms. The van der Waals surface area contributed by atoms with Crippen LogP contribution < -0.4 is 5.32 Å². The smallest absolute Gasteiger partial charge is 0.253 e. The predicted molar refractivity (Wildman–Crippen MR) is 81.5 cm³/mol. The van der Waals surface area contributed by atoms with Crippen LogP contribution >= 0.6 is 27.5 Å². The van der Waals surface area contributed by atoms with E-state index in [0.717, 1.165) is 5.56 Å². The van der Waals surface area contributed by atoms with Crippen LogP contribution in [0.5, 0.6) is 0 Å². The average molecular weight is 339 g/mol. The molecule has 0 fully saturated rings. The van der Waals surface area contributed by atoms with Gasteiger partial charge in [0, 0.05) is 4.47 Å². The van der Waals surface area contributed by atoms with Gasteiger partial charge < -0.3 is 5.32 Å². The van der Waals surface area contributed by atoms with Gasteiger partial charge in [0.25, 0.3) is 5.91 Å². The first-order valence-corrected chi connectivity index (χ1v) is 7.06. The van der Waals surface area contributed by atoms with Gasteiger partial charge >= 0.3 is 0 Å². The highest BCUT2D eigenvalue weighted by Crippen LogP contribution is 2.26. The molecule has 0 saturated carbocycles. The number of amides is 1. The maximum absolute atomic E-state index is 12.2. The van der Waals surface area contributed by atoms with Crippen LogP contribution in [0.2, 0.25) is 5.02 Å². The number of benzene rings is 2. The first kappa shape index (κ1) is 14.1. The van der Waals surface area contributed by atoms with Gasteiger partial charge in [-0.2, -0.15) is 0 Å². The predicted octanol–water partition coefficient (Wildman–Crippen LogP) is 4.59. The third-order valence-corrected chi connectivity index (χ3v) is 4.14. The summed E-state index contributed by atoms with van der Waals surface area (Å²) in [5.74, 6) is -0.178. The summed E-state index contributed by atoms with van der Waals surface area (Å²) in [7, 11) is 0. The highest BCUT2D eigenvalue weighted by Gasteiger charge is 2.15. The van der Waals surface area contributed by atoms with Crippen molar-refractivity contribution in [2.45, 2.75) is 13.0 Å². The molecule has 0 aliphatic carbocycles. The van der Waals surface area contributed by atoms with Crippen LogP contribution in [-0.4, -0.2) is 5.91 Å². The summed E-state index contributed by atoms with van der Waals surface area (Å²) in [6.07, 6.45) is 0. The van der Waals surface area contributed by atoms with E-state index in [1.807, 2.05) is 37.3 Å². The molecule has 0 saturated heterocycles. The Hall–Kier alpha value is -1.32. The molecule has 0 radical (unpaired) electrons. The molecular formula is C15H13BrClNO. The molecule has 1 unspecified atom stereocenters. The summed E-state index contributed by atoms with van der Waals surface area (Å²) in [6.45, 7) is 1.94. The number of rotatable bonds is 3. The summed E-state index contributed by atoms with van der Waals surface area (Å²) in [4.78, 5) is 12.2. The Kier molecular flexibility index (Phi) is 4.61. The Morgan fingerprint density at radius 2 is 1.84 bits per heavy atom. The van der Waals surface area contributed by atoms with Crippen molar-refractivity contribution < 1.29 is 4.79 Å². The zero-order valence-corrected chi connectivity index (χ0v) is 12.7. The first-order valence-electron chi connectivity index (χ1n) is 5.89. The number of carbonyl (C=O) groups is 1.